The van der Waals surface area contributed by atoms with Crippen LogP contribution >= 0.6 is 0 Å². The van der Waals surface area contributed by atoms with Crippen LogP contribution in [0, 0.1) is 0 Å². The van der Waals surface area contributed by atoms with Gasteiger partial charge in [-0.25, -0.2) is 0 Å². The monoisotopic (exact) mass is 375 g/mol. The minimum atomic E-state index is -1.00. The Kier molecular flexibility index (Phi) is 5.26. The van der Waals surface area contributed by atoms with Crippen LogP contribution in [0.5, 0.6) is 0 Å². The molecular formula is C23H25N3O2. The van der Waals surface area contributed by atoms with Crippen LogP contribution in [0.2, 0.25) is 0 Å². The average molecular weight is 375 g/mol. The number of rotatable bonds is 4. The summed E-state index contributed by atoms with van der Waals surface area (Å²) < 4.78 is 1.94. The van der Waals surface area contributed by atoms with Crippen molar-refractivity contribution in [2.75, 3.05) is 13.1 Å². The SMILES string of the molecule is Cn1nc(-c2ccccc2)c2c1CCN(C(=O)C(O)Cc1ccccc1)CC2. The molecule has 1 aliphatic rings. The summed E-state index contributed by atoms with van der Waals surface area (Å²) >= 11 is 0. The van der Waals surface area contributed by atoms with E-state index in [9.17, 15) is 9.90 Å². The van der Waals surface area contributed by atoms with Crippen molar-refractivity contribution < 1.29 is 9.90 Å². The molecule has 4 rings (SSSR count). The molecule has 0 bridgehead atoms. The topological polar surface area (TPSA) is 58.4 Å². The number of hydrogen-bond acceptors (Lipinski definition) is 3. The largest absolute Gasteiger partial charge is 0.383 e. The number of aliphatic hydroxyl groups is 1. The zero-order valence-electron chi connectivity index (χ0n) is 16.1. The van der Waals surface area contributed by atoms with Gasteiger partial charge in [0.1, 0.15) is 6.10 Å². The van der Waals surface area contributed by atoms with E-state index >= 15 is 0 Å². The third kappa shape index (κ3) is 3.71. The summed E-state index contributed by atoms with van der Waals surface area (Å²) in [4.78, 5) is 14.6. The fraction of sp³-hybridized carbons (Fsp3) is 0.304. The molecule has 1 unspecified atom stereocenters. The van der Waals surface area contributed by atoms with Gasteiger partial charge in [0, 0.05) is 49.8 Å². The first-order valence-corrected chi connectivity index (χ1v) is 9.74. The van der Waals surface area contributed by atoms with E-state index in [4.69, 9.17) is 5.10 Å². The Balaban J connectivity index is 1.49. The summed E-state index contributed by atoms with van der Waals surface area (Å²) in [5.74, 6) is -0.189. The molecule has 1 atom stereocenters. The molecule has 0 saturated heterocycles. The predicted molar refractivity (Wildman–Crippen MR) is 109 cm³/mol. The highest BCUT2D eigenvalue weighted by Gasteiger charge is 2.27. The lowest BCUT2D eigenvalue weighted by molar-refractivity contribution is -0.140. The molecule has 1 aromatic heterocycles. The van der Waals surface area contributed by atoms with Gasteiger partial charge in [0.05, 0.1) is 5.69 Å². The number of carbonyl (C=O) groups excluding carboxylic acids is 1. The Hall–Kier alpha value is -2.92. The smallest absolute Gasteiger partial charge is 0.251 e. The van der Waals surface area contributed by atoms with E-state index < -0.39 is 6.10 Å². The number of aliphatic hydroxyl groups excluding tert-OH is 1. The van der Waals surface area contributed by atoms with E-state index in [0.717, 1.165) is 29.7 Å². The van der Waals surface area contributed by atoms with Crippen LogP contribution in [0.25, 0.3) is 11.3 Å². The lowest BCUT2D eigenvalue weighted by atomic mass is 10.0. The average Bonchev–Trinajstić information content (AvgIpc) is 2.90. The molecule has 144 valence electrons. The number of nitrogens with zero attached hydrogens (tertiary/aromatic N) is 3. The molecule has 0 fully saturated rings. The molecule has 0 radical (unpaired) electrons. The standard InChI is InChI=1S/C23H25N3O2/c1-25-20-13-15-26(23(28)21(27)16-17-8-4-2-5-9-17)14-12-19(20)22(24-25)18-10-6-3-7-11-18/h2-11,21,27H,12-16H2,1H3. The molecule has 5 nitrogen and oxygen atoms in total. The first-order valence-electron chi connectivity index (χ1n) is 9.74. The van der Waals surface area contributed by atoms with Gasteiger partial charge in [0.2, 0.25) is 0 Å². The van der Waals surface area contributed by atoms with E-state index in [2.05, 4.69) is 12.1 Å². The van der Waals surface area contributed by atoms with Gasteiger partial charge in [-0.2, -0.15) is 5.10 Å². The van der Waals surface area contributed by atoms with Gasteiger partial charge in [-0.05, 0) is 12.0 Å². The molecular weight excluding hydrogens is 350 g/mol. The van der Waals surface area contributed by atoms with E-state index in [0.29, 0.717) is 19.5 Å². The highest BCUT2D eigenvalue weighted by atomic mass is 16.3. The van der Waals surface area contributed by atoms with Gasteiger partial charge in [0.25, 0.3) is 5.91 Å². The Bertz CT molecular complexity index is 951. The molecule has 1 aliphatic heterocycles. The zero-order valence-corrected chi connectivity index (χ0v) is 16.1. The lowest BCUT2D eigenvalue weighted by Gasteiger charge is -2.23. The third-order valence-electron chi connectivity index (χ3n) is 5.44. The fourth-order valence-corrected chi connectivity index (χ4v) is 3.96. The van der Waals surface area contributed by atoms with Crippen molar-refractivity contribution in [1.29, 1.82) is 0 Å². The molecule has 3 aromatic rings. The second-order valence-electron chi connectivity index (χ2n) is 7.29. The Morgan fingerprint density at radius 2 is 1.68 bits per heavy atom. The van der Waals surface area contributed by atoms with Crippen LogP contribution in [-0.4, -0.2) is 44.9 Å². The number of fused-ring (bicyclic) bond motifs is 1. The van der Waals surface area contributed by atoms with Crippen LogP contribution in [0.1, 0.15) is 16.8 Å². The molecule has 0 saturated carbocycles. The molecule has 28 heavy (non-hydrogen) atoms. The quantitative estimate of drug-likeness (QED) is 0.763. The maximum absolute atomic E-state index is 12.8. The minimum Gasteiger partial charge on any atom is -0.383 e. The Labute approximate surface area is 165 Å². The van der Waals surface area contributed by atoms with Crippen molar-refractivity contribution in [2.24, 2.45) is 7.05 Å². The summed E-state index contributed by atoms with van der Waals surface area (Å²) in [5.41, 5.74) is 5.45. The molecule has 0 spiro atoms. The van der Waals surface area contributed by atoms with Gasteiger partial charge in [-0.3, -0.25) is 9.48 Å². The molecule has 2 aromatic carbocycles. The normalized spacial score (nSPS) is 15.0. The van der Waals surface area contributed by atoms with Crippen LogP contribution in [0.3, 0.4) is 0 Å². The van der Waals surface area contributed by atoms with Crippen LogP contribution in [-0.2, 0) is 31.1 Å². The van der Waals surface area contributed by atoms with Crippen LogP contribution in [0.4, 0.5) is 0 Å². The summed E-state index contributed by atoms with van der Waals surface area (Å²) in [6.45, 7) is 1.20. The van der Waals surface area contributed by atoms with E-state index in [1.165, 1.54) is 11.3 Å². The molecule has 0 aliphatic carbocycles. The summed E-state index contributed by atoms with van der Waals surface area (Å²) in [5, 5.41) is 15.2. The van der Waals surface area contributed by atoms with E-state index in [-0.39, 0.29) is 5.91 Å². The van der Waals surface area contributed by atoms with Crippen LogP contribution < -0.4 is 0 Å². The highest BCUT2D eigenvalue weighted by Crippen LogP contribution is 2.28. The predicted octanol–water partition coefficient (Wildman–Crippen LogP) is 2.62. The second-order valence-corrected chi connectivity index (χ2v) is 7.29. The number of carbonyl (C=O) groups is 1. The molecule has 5 heteroatoms. The van der Waals surface area contributed by atoms with Crippen molar-refractivity contribution in [1.82, 2.24) is 14.7 Å². The molecule has 2 heterocycles. The number of amides is 1. The van der Waals surface area contributed by atoms with Crippen molar-refractivity contribution in [3.05, 3.63) is 77.5 Å². The first-order chi connectivity index (χ1) is 13.6. The summed E-state index contributed by atoms with van der Waals surface area (Å²) in [6.07, 6.45) is 0.836. The van der Waals surface area contributed by atoms with E-state index in [1.807, 2.05) is 60.3 Å². The van der Waals surface area contributed by atoms with Crippen molar-refractivity contribution >= 4 is 5.91 Å². The minimum absolute atomic E-state index is 0.189. The maximum Gasteiger partial charge on any atom is 0.251 e. The number of benzene rings is 2. The Morgan fingerprint density at radius 1 is 1.04 bits per heavy atom. The highest BCUT2D eigenvalue weighted by molar-refractivity contribution is 5.81. The maximum atomic E-state index is 12.8. The van der Waals surface area contributed by atoms with Gasteiger partial charge in [0.15, 0.2) is 0 Å². The van der Waals surface area contributed by atoms with Crippen LogP contribution in [0.15, 0.2) is 60.7 Å². The molecule has 1 amide bonds. The first kappa shape index (κ1) is 18.4. The van der Waals surface area contributed by atoms with E-state index in [1.54, 1.807) is 4.90 Å². The lowest BCUT2D eigenvalue weighted by Crippen LogP contribution is -2.41. The second kappa shape index (κ2) is 7.98. The third-order valence-corrected chi connectivity index (χ3v) is 5.44. The number of aryl methyl sites for hydroxylation is 1. The fourth-order valence-electron chi connectivity index (χ4n) is 3.96. The van der Waals surface area contributed by atoms with Crippen molar-refractivity contribution in [3.8, 4) is 11.3 Å². The molecule has 1 N–H and O–H groups in total. The number of aromatic nitrogens is 2. The zero-order chi connectivity index (χ0) is 19.5. The Morgan fingerprint density at radius 3 is 2.39 bits per heavy atom. The van der Waals surface area contributed by atoms with Gasteiger partial charge in [-0.1, -0.05) is 60.7 Å². The summed E-state index contributed by atoms with van der Waals surface area (Å²) in [6, 6.07) is 19.8. The van der Waals surface area contributed by atoms with Gasteiger partial charge < -0.3 is 10.0 Å². The number of hydrogen-bond donors (Lipinski definition) is 1. The van der Waals surface area contributed by atoms with Crippen molar-refractivity contribution in [3.63, 3.8) is 0 Å². The van der Waals surface area contributed by atoms with Gasteiger partial charge >= 0.3 is 0 Å². The summed E-state index contributed by atoms with van der Waals surface area (Å²) in [7, 11) is 1.97. The van der Waals surface area contributed by atoms with Crippen molar-refractivity contribution in [2.45, 2.75) is 25.4 Å². The van der Waals surface area contributed by atoms with Gasteiger partial charge in [-0.15, -0.1) is 0 Å².